The van der Waals surface area contributed by atoms with Gasteiger partial charge in [-0.25, -0.2) is 4.57 Å². The van der Waals surface area contributed by atoms with Gasteiger partial charge < -0.3 is 24.6 Å². The Labute approximate surface area is 310 Å². The second-order valence-electron chi connectivity index (χ2n) is 13.7. The van der Waals surface area contributed by atoms with Gasteiger partial charge in [0.05, 0.1) is 19.8 Å². The van der Waals surface area contributed by atoms with E-state index in [1.165, 1.54) is 77.0 Å². The van der Waals surface area contributed by atoms with E-state index >= 15 is 0 Å². The number of phosphoric acid groups is 1. The van der Waals surface area contributed by atoms with Crippen molar-refractivity contribution in [3.63, 3.8) is 0 Å². The summed E-state index contributed by atoms with van der Waals surface area (Å²) in [5, 5.41) is 18.3. The van der Waals surface area contributed by atoms with E-state index in [4.69, 9.17) is 19.1 Å². The largest absolute Gasteiger partial charge is 0.472 e. The van der Waals surface area contributed by atoms with Crippen LogP contribution in [0.2, 0.25) is 0 Å². The van der Waals surface area contributed by atoms with Crippen LogP contribution in [-0.4, -0.2) is 65.7 Å². The second kappa shape index (κ2) is 36.8. The minimum atomic E-state index is -4.61. The normalized spacial score (nSPS) is 14.2. The zero-order valence-electron chi connectivity index (χ0n) is 32.3. The zero-order valence-corrected chi connectivity index (χ0v) is 33.2. The van der Waals surface area contributed by atoms with Crippen molar-refractivity contribution in [3.05, 3.63) is 24.3 Å². The fourth-order valence-electron chi connectivity index (χ4n) is 5.43. The van der Waals surface area contributed by atoms with Crippen LogP contribution in [0.5, 0.6) is 0 Å². The van der Waals surface area contributed by atoms with Gasteiger partial charge in [-0.05, 0) is 44.9 Å². The molecular weight excluding hydrogens is 671 g/mol. The molecule has 0 radical (unpaired) electrons. The number of allylic oxidation sites excluding steroid dienone is 4. The molecule has 0 heterocycles. The molecule has 0 aliphatic rings. The van der Waals surface area contributed by atoms with Crippen molar-refractivity contribution < 1.29 is 47.8 Å². The van der Waals surface area contributed by atoms with Gasteiger partial charge in [0, 0.05) is 12.8 Å². The molecule has 0 saturated carbocycles. The summed E-state index contributed by atoms with van der Waals surface area (Å²) in [5.41, 5.74) is 0. The third kappa shape index (κ3) is 36.6. The maximum atomic E-state index is 12.6. The number of carbonyl (C=O) groups is 2. The predicted molar refractivity (Wildman–Crippen MR) is 205 cm³/mol. The van der Waals surface area contributed by atoms with E-state index in [-0.39, 0.29) is 19.4 Å². The Kier molecular flexibility index (Phi) is 35.7. The van der Waals surface area contributed by atoms with Gasteiger partial charge in [-0.2, -0.15) is 0 Å². The Balaban J connectivity index is 4.35. The van der Waals surface area contributed by atoms with Crippen LogP contribution in [0.3, 0.4) is 0 Å². The third-order valence-electron chi connectivity index (χ3n) is 8.61. The monoisotopic (exact) mass is 747 g/mol. The molecule has 0 rings (SSSR count). The summed E-state index contributed by atoms with van der Waals surface area (Å²) in [6.45, 7) is 2.34. The lowest BCUT2D eigenvalue weighted by Gasteiger charge is -2.20. The average Bonchev–Trinajstić information content (AvgIpc) is 3.12. The molecule has 3 N–H and O–H groups in total. The molecule has 0 aliphatic carbocycles. The Morgan fingerprint density at radius 3 is 1.55 bits per heavy atom. The van der Waals surface area contributed by atoms with Gasteiger partial charge in [-0.3, -0.25) is 18.6 Å². The quantitative estimate of drug-likeness (QED) is 0.0241. The molecule has 0 amide bonds. The SMILES string of the molecule is CCCCCC=CCC=CCCCCCCCC(=O)OC(COC(=O)CCCCCCCCCCCCCCC)COP(=O)(O)OCC(O)CO. The molecule has 0 spiro atoms. The molecule has 51 heavy (non-hydrogen) atoms. The number of aliphatic hydroxyl groups excluding tert-OH is 2. The van der Waals surface area contributed by atoms with Crippen molar-refractivity contribution in [2.45, 2.75) is 193 Å². The first kappa shape index (κ1) is 49.5. The van der Waals surface area contributed by atoms with Gasteiger partial charge in [0.25, 0.3) is 0 Å². The van der Waals surface area contributed by atoms with Crippen molar-refractivity contribution >= 4 is 19.8 Å². The zero-order chi connectivity index (χ0) is 37.7. The van der Waals surface area contributed by atoms with E-state index < -0.39 is 51.8 Å². The lowest BCUT2D eigenvalue weighted by Crippen LogP contribution is -2.29. The molecule has 0 aromatic heterocycles. The standard InChI is InChI=1S/C40H75O10P/c1-3-5-7-9-11-13-15-17-18-20-22-24-26-28-30-32-40(44)50-38(36-49-51(45,46)48-34-37(42)33-41)35-47-39(43)31-29-27-25-23-21-19-16-14-12-10-8-6-4-2/h11,13,17-18,37-38,41-42H,3-10,12,14-16,19-36H2,1-2H3,(H,45,46). The Hall–Kier alpha value is -1.55. The van der Waals surface area contributed by atoms with Gasteiger partial charge in [-0.15, -0.1) is 0 Å². The number of unbranched alkanes of at least 4 members (excludes halogenated alkanes) is 20. The first-order chi connectivity index (χ1) is 24.7. The molecule has 0 aromatic rings. The third-order valence-corrected chi connectivity index (χ3v) is 9.56. The number of ether oxygens (including phenoxy) is 2. The highest BCUT2D eigenvalue weighted by Crippen LogP contribution is 2.43. The van der Waals surface area contributed by atoms with Crippen LogP contribution in [0.4, 0.5) is 0 Å². The molecule has 0 bridgehead atoms. The van der Waals surface area contributed by atoms with Crippen LogP contribution in [0.15, 0.2) is 24.3 Å². The smallest absolute Gasteiger partial charge is 0.462 e. The predicted octanol–water partition coefficient (Wildman–Crippen LogP) is 10.2. The molecule has 0 saturated heterocycles. The highest BCUT2D eigenvalue weighted by atomic mass is 31.2. The van der Waals surface area contributed by atoms with Gasteiger partial charge in [0.15, 0.2) is 6.10 Å². The van der Waals surface area contributed by atoms with E-state index in [1.807, 2.05) is 0 Å². The summed E-state index contributed by atoms with van der Waals surface area (Å²) in [6, 6.07) is 0. The van der Waals surface area contributed by atoms with Crippen molar-refractivity contribution in [1.29, 1.82) is 0 Å². The number of esters is 2. The lowest BCUT2D eigenvalue weighted by molar-refractivity contribution is -0.161. The van der Waals surface area contributed by atoms with Gasteiger partial charge in [0.2, 0.25) is 0 Å². The van der Waals surface area contributed by atoms with Crippen LogP contribution >= 0.6 is 7.82 Å². The summed E-state index contributed by atoms with van der Waals surface area (Å²) in [4.78, 5) is 34.9. The van der Waals surface area contributed by atoms with E-state index in [1.54, 1.807) is 0 Å². The number of hydrogen-bond acceptors (Lipinski definition) is 9. The fraction of sp³-hybridized carbons (Fsp3) is 0.850. The molecule has 0 fully saturated rings. The molecule has 0 aromatic carbocycles. The highest BCUT2D eigenvalue weighted by molar-refractivity contribution is 7.47. The topological polar surface area (TPSA) is 149 Å². The first-order valence-corrected chi connectivity index (χ1v) is 21.8. The second-order valence-corrected chi connectivity index (χ2v) is 15.1. The van der Waals surface area contributed by atoms with Gasteiger partial charge in [0.1, 0.15) is 12.7 Å². The van der Waals surface area contributed by atoms with Crippen LogP contribution in [0.1, 0.15) is 181 Å². The minimum absolute atomic E-state index is 0.171. The summed E-state index contributed by atoms with van der Waals surface area (Å²) in [5.74, 6) is -0.937. The van der Waals surface area contributed by atoms with Crippen molar-refractivity contribution in [2.75, 3.05) is 26.4 Å². The number of hydrogen-bond donors (Lipinski definition) is 3. The van der Waals surface area contributed by atoms with Crippen molar-refractivity contribution in [1.82, 2.24) is 0 Å². The first-order valence-electron chi connectivity index (χ1n) is 20.3. The van der Waals surface area contributed by atoms with Gasteiger partial charge >= 0.3 is 19.8 Å². The molecule has 10 nitrogen and oxygen atoms in total. The molecule has 300 valence electrons. The number of carbonyl (C=O) groups excluding carboxylic acids is 2. The summed E-state index contributed by atoms with van der Waals surface area (Å²) >= 11 is 0. The van der Waals surface area contributed by atoms with Crippen molar-refractivity contribution in [2.24, 2.45) is 0 Å². The molecular formula is C40H75O10P. The van der Waals surface area contributed by atoms with Crippen LogP contribution in [0.25, 0.3) is 0 Å². The maximum Gasteiger partial charge on any atom is 0.472 e. The van der Waals surface area contributed by atoms with Crippen LogP contribution in [0, 0.1) is 0 Å². The summed E-state index contributed by atoms with van der Waals surface area (Å²) < 4.78 is 32.6. The minimum Gasteiger partial charge on any atom is -0.462 e. The van der Waals surface area contributed by atoms with Gasteiger partial charge in [-0.1, -0.05) is 147 Å². The number of rotatable bonds is 38. The lowest BCUT2D eigenvalue weighted by atomic mass is 10.0. The van der Waals surface area contributed by atoms with E-state index in [2.05, 4.69) is 42.7 Å². The number of aliphatic hydroxyl groups is 2. The molecule has 3 unspecified atom stereocenters. The van der Waals surface area contributed by atoms with E-state index in [9.17, 15) is 24.2 Å². The summed E-state index contributed by atoms with van der Waals surface area (Å²) in [7, 11) is -4.61. The Morgan fingerprint density at radius 2 is 1.02 bits per heavy atom. The van der Waals surface area contributed by atoms with Crippen LogP contribution in [-0.2, 0) is 32.7 Å². The van der Waals surface area contributed by atoms with Crippen LogP contribution < -0.4 is 0 Å². The summed E-state index contributed by atoms with van der Waals surface area (Å²) in [6.07, 6.45) is 34.2. The Morgan fingerprint density at radius 1 is 0.588 bits per heavy atom. The number of phosphoric ester groups is 1. The molecule has 3 atom stereocenters. The van der Waals surface area contributed by atoms with E-state index in [0.717, 1.165) is 64.2 Å². The fourth-order valence-corrected chi connectivity index (χ4v) is 6.22. The molecule has 0 aliphatic heterocycles. The Bertz CT molecular complexity index is 910. The maximum absolute atomic E-state index is 12.6. The van der Waals surface area contributed by atoms with Crippen molar-refractivity contribution in [3.8, 4) is 0 Å². The average molecular weight is 747 g/mol. The molecule has 11 heteroatoms. The highest BCUT2D eigenvalue weighted by Gasteiger charge is 2.27. The van der Waals surface area contributed by atoms with E-state index in [0.29, 0.717) is 12.8 Å².